The summed E-state index contributed by atoms with van der Waals surface area (Å²) in [5.74, 6) is 0.164. The van der Waals surface area contributed by atoms with Crippen LogP contribution in [0, 0.1) is 5.41 Å². The molecule has 0 amide bonds. The van der Waals surface area contributed by atoms with Gasteiger partial charge in [-0.2, -0.15) is 0 Å². The Hall–Kier alpha value is -3.00. The molecule has 15 nitrogen and oxygen atoms in total. The number of carbonyl (C=O) groups excluding carboxylic acids is 2. The topological polar surface area (TPSA) is 207 Å². The van der Waals surface area contributed by atoms with Crippen LogP contribution in [0.5, 0.6) is 0 Å². The Morgan fingerprint density at radius 1 is 1.08 bits per heavy atom. The molecule has 0 saturated heterocycles. The Morgan fingerprint density at radius 2 is 1.61 bits per heavy atom. The Labute approximate surface area is 219 Å². The second-order valence-corrected chi connectivity index (χ2v) is 12.3. The number of anilines is 1. The van der Waals surface area contributed by atoms with Crippen LogP contribution in [0.25, 0.3) is 11.2 Å². The van der Waals surface area contributed by atoms with Gasteiger partial charge >= 0.3 is 19.9 Å². The van der Waals surface area contributed by atoms with Crippen molar-refractivity contribution in [2.45, 2.75) is 77.7 Å². The van der Waals surface area contributed by atoms with E-state index in [1.165, 1.54) is 12.7 Å². The van der Waals surface area contributed by atoms with Gasteiger partial charge in [-0.1, -0.05) is 13.8 Å². The molecule has 3 rings (SSSR count). The number of hydrogen-bond acceptors (Lipinski definition) is 12. The molecule has 1 atom stereocenters. The minimum Gasteiger partial charge on any atom is -0.432 e. The molecule has 0 spiro atoms. The molecule has 0 bridgehead atoms. The number of nitrogens with zero attached hydrogens (tertiary/aromatic N) is 4. The maximum Gasteiger partial charge on any atom is 0.508 e. The third kappa shape index (κ3) is 6.34. The molecule has 2 aromatic heterocycles. The van der Waals surface area contributed by atoms with Crippen LogP contribution in [0.2, 0.25) is 0 Å². The average Bonchev–Trinajstić information content (AvgIpc) is 3.07. The summed E-state index contributed by atoms with van der Waals surface area (Å²) in [7, 11) is -5.30. The van der Waals surface area contributed by atoms with E-state index in [0.717, 1.165) is 0 Å². The lowest BCUT2D eigenvalue weighted by atomic mass is 10.1. The van der Waals surface area contributed by atoms with Gasteiger partial charge in [-0.3, -0.25) is 4.57 Å². The number of ether oxygens (including phenoxy) is 5. The van der Waals surface area contributed by atoms with E-state index >= 15 is 0 Å². The van der Waals surface area contributed by atoms with Crippen molar-refractivity contribution in [3.8, 4) is 0 Å². The molecule has 2 aromatic rings. The minimum atomic E-state index is -5.30. The van der Waals surface area contributed by atoms with E-state index in [2.05, 4.69) is 15.0 Å². The molecule has 4 N–H and O–H groups in total. The largest absolute Gasteiger partial charge is 0.508 e. The van der Waals surface area contributed by atoms with E-state index in [0.29, 0.717) is 17.6 Å². The number of aromatic nitrogens is 4. The fraction of sp³-hybridized carbons (Fsp3) is 0.682. The van der Waals surface area contributed by atoms with E-state index in [9.17, 15) is 23.9 Å². The van der Waals surface area contributed by atoms with Gasteiger partial charge in [-0.25, -0.2) is 24.5 Å². The summed E-state index contributed by atoms with van der Waals surface area (Å²) in [5.41, 5.74) is 4.78. The van der Waals surface area contributed by atoms with Gasteiger partial charge in [0, 0.05) is 0 Å². The van der Waals surface area contributed by atoms with Crippen molar-refractivity contribution in [2.24, 2.45) is 5.41 Å². The molecular weight excluding hydrogens is 525 g/mol. The third-order valence-electron chi connectivity index (χ3n) is 6.10. The number of fused-ring (bicyclic) bond motifs is 1. The summed E-state index contributed by atoms with van der Waals surface area (Å²) < 4.78 is 40.8. The molecule has 1 unspecified atom stereocenters. The summed E-state index contributed by atoms with van der Waals surface area (Å²) in [5, 5.41) is -2.59. The highest BCUT2D eigenvalue weighted by Gasteiger charge is 2.69. The van der Waals surface area contributed by atoms with Gasteiger partial charge in [0.25, 0.3) is 0 Å². The van der Waals surface area contributed by atoms with Gasteiger partial charge in [0.15, 0.2) is 11.5 Å². The van der Waals surface area contributed by atoms with Gasteiger partial charge in [-0.15, -0.1) is 0 Å². The second kappa shape index (κ2) is 10.6. The predicted molar refractivity (Wildman–Crippen MR) is 132 cm³/mol. The molecule has 38 heavy (non-hydrogen) atoms. The SMILES string of the molecule is CC(C)OC(=O)OCC(COC(=O)OC(C)C)(OC1(Cn2cnc3c(N)ncnc32)CC1(C)C)P(=O)(O)O. The van der Waals surface area contributed by atoms with Crippen molar-refractivity contribution in [3.63, 3.8) is 0 Å². The van der Waals surface area contributed by atoms with Crippen molar-refractivity contribution in [2.75, 3.05) is 18.9 Å². The number of nitrogens with two attached hydrogens (primary N) is 1. The van der Waals surface area contributed by atoms with Crippen LogP contribution in [-0.2, 0) is 34.8 Å². The zero-order valence-electron chi connectivity index (χ0n) is 22.1. The lowest BCUT2D eigenvalue weighted by Crippen LogP contribution is -2.49. The van der Waals surface area contributed by atoms with Crippen molar-refractivity contribution in [3.05, 3.63) is 12.7 Å². The summed E-state index contributed by atoms with van der Waals surface area (Å²) >= 11 is 0. The Kier molecular flexibility index (Phi) is 8.27. The molecule has 2 heterocycles. The highest BCUT2D eigenvalue weighted by atomic mass is 31.2. The van der Waals surface area contributed by atoms with Crippen LogP contribution in [0.15, 0.2) is 12.7 Å². The molecule has 1 saturated carbocycles. The summed E-state index contributed by atoms with van der Waals surface area (Å²) in [6, 6.07) is 0. The normalized spacial score (nSPS) is 19.0. The zero-order chi connectivity index (χ0) is 28.5. The first-order valence-corrected chi connectivity index (χ1v) is 13.5. The summed E-state index contributed by atoms with van der Waals surface area (Å²) in [6.07, 6.45) is -0.392. The molecule has 1 aliphatic carbocycles. The zero-order valence-corrected chi connectivity index (χ0v) is 23.0. The number of imidazole rings is 1. The summed E-state index contributed by atoms with van der Waals surface area (Å²) in [6.45, 7) is 8.06. The molecule has 0 aromatic carbocycles. The number of carbonyl (C=O) groups is 2. The van der Waals surface area contributed by atoms with Gasteiger partial charge in [0.2, 0.25) is 5.34 Å². The molecule has 0 radical (unpaired) electrons. The van der Waals surface area contributed by atoms with Crippen LogP contribution in [0.3, 0.4) is 0 Å². The molecule has 1 fully saturated rings. The highest BCUT2D eigenvalue weighted by molar-refractivity contribution is 7.53. The summed E-state index contributed by atoms with van der Waals surface area (Å²) in [4.78, 5) is 57.6. The van der Waals surface area contributed by atoms with E-state index in [1.54, 1.807) is 32.3 Å². The number of nitrogen functional groups attached to an aromatic ring is 1. The fourth-order valence-corrected chi connectivity index (χ4v) is 4.68. The maximum absolute atomic E-state index is 12.9. The van der Waals surface area contributed by atoms with Crippen molar-refractivity contribution < 1.29 is 47.6 Å². The molecule has 212 valence electrons. The van der Waals surface area contributed by atoms with Crippen molar-refractivity contribution in [1.82, 2.24) is 19.5 Å². The number of rotatable bonds is 11. The first kappa shape index (κ1) is 29.6. The van der Waals surface area contributed by atoms with Crippen LogP contribution in [0.4, 0.5) is 15.4 Å². The quantitative estimate of drug-likeness (QED) is 0.267. The number of hydrogen-bond donors (Lipinski definition) is 3. The highest BCUT2D eigenvalue weighted by Crippen LogP contribution is 2.65. The minimum absolute atomic E-state index is 0.0432. The molecule has 16 heteroatoms. The standard InChI is InChI=1S/C22H34N5O10P/c1-13(2)35-18(28)33-9-22(38(30,31)32,10-34-19(29)36-14(3)4)37-21(7-20(21,5)6)8-27-12-26-15-16(23)24-11-25-17(15)27/h11-14H,7-10H2,1-6H3,(H2,23,24,25)(H2,30,31,32). The lowest BCUT2D eigenvalue weighted by molar-refractivity contribution is -0.143. The van der Waals surface area contributed by atoms with Gasteiger partial charge in [0.1, 0.15) is 25.1 Å². The second-order valence-electron chi connectivity index (χ2n) is 10.4. The van der Waals surface area contributed by atoms with Gasteiger partial charge in [-0.05, 0) is 39.5 Å². The van der Waals surface area contributed by atoms with Crippen LogP contribution < -0.4 is 5.73 Å². The molecule has 1 aliphatic rings. The fourth-order valence-electron chi connectivity index (χ4n) is 3.92. The average molecular weight is 560 g/mol. The monoisotopic (exact) mass is 559 g/mol. The van der Waals surface area contributed by atoms with Crippen molar-refractivity contribution >= 4 is 36.9 Å². The lowest BCUT2D eigenvalue weighted by Gasteiger charge is -2.37. The molecular formula is C22H34N5O10P. The predicted octanol–water partition coefficient (Wildman–Crippen LogP) is 2.59. The van der Waals surface area contributed by atoms with Crippen LogP contribution in [-0.4, -0.2) is 78.0 Å². The van der Waals surface area contributed by atoms with Crippen LogP contribution >= 0.6 is 7.60 Å². The first-order valence-electron chi connectivity index (χ1n) is 11.8. The van der Waals surface area contributed by atoms with Crippen LogP contribution in [0.1, 0.15) is 48.0 Å². The van der Waals surface area contributed by atoms with E-state index in [-0.39, 0.29) is 12.4 Å². The maximum atomic E-state index is 12.9. The van der Waals surface area contributed by atoms with E-state index in [1.807, 2.05) is 13.8 Å². The van der Waals surface area contributed by atoms with Gasteiger partial charge in [0.05, 0.1) is 30.7 Å². The smallest absolute Gasteiger partial charge is 0.432 e. The van der Waals surface area contributed by atoms with Crippen molar-refractivity contribution in [1.29, 1.82) is 0 Å². The van der Waals surface area contributed by atoms with E-state index < -0.39 is 61.7 Å². The Balaban J connectivity index is 1.98. The molecule has 0 aliphatic heterocycles. The Morgan fingerprint density at radius 3 is 2.05 bits per heavy atom. The Bertz CT molecular complexity index is 1200. The first-order chi connectivity index (χ1) is 17.5. The van der Waals surface area contributed by atoms with Gasteiger partial charge < -0.3 is 43.8 Å². The van der Waals surface area contributed by atoms with E-state index in [4.69, 9.17) is 29.4 Å². The third-order valence-corrected chi connectivity index (χ3v) is 7.51.